The zero-order chi connectivity index (χ0) is 14.6. The van der Waals surface area contributed by atoms with Crippen molar-refractivity contribution < 1.29 is 8.42 Å². The molecule has 0 unspecified atom stereocenters. The molecule has 7 heteroatoms. The van der Waals surface area contributed by atoms with Crippen LogP contribution in [0.3, 0.4) is 0 Å². The standard InChI is InChI=1S/C13H24N4O2S/c1-2-12-15-10-13(16-12)20(18,19)17(9-8-14)11-6-4-3-5-7-11/h10-11H,2-9,14H2,1H3,(H,15,16). The normalized spacial score (nSPS) is 17.8. The Morgan fingerprint density at radius 2 is 2.10 bits per heavy atom. The topological polar surface area (TPSA) is 92.1 Å². The van der Waals surface area contributed by atoms with Crippen LogP contribution in [-0.4, -0.2) is 41.8 Å². The van der Waals surface area contributed by atoms with Crippen molar-refractivity contribution in [1.82, 2.24) is 14.3 Å². The molecule has 1 aromatic rings. The van der Waals surface area contributed by atoms with Crippen LogP contribution in [-0.2, 0) is 16.4 Å². The van der Waals surface area contributed by atoms with Crippen molar-refractivity contribution in [2.24, 2.45) is 5.73 Å². The van der Waals surface area contributed by atoms with E-state index in [1.54, 1.807) is 4.31 Å². The van der Waals surface area contributed by atoms with Gasteiger partial charge in [-0.15, -0.1) is 0 Å². The minimum Gasteiger partial charge on any atom is -0.332 e. The van der Waals surface area contributed by atoms with Crippen LogP contribution < -0.4 is 5.73 Å². The van der Waals surface area contributed by atoms with Gasteiger partial charge in [0.15, 0.2) is 5.03 Å². The first-order valence-corrected chi connectivity index (χ1v) is 8.79. The number of aromatic nitrogens is 2. The molecule has 0 saturated heterocycles. The summed E-state index contributed by atoms with van der Waals surface area (Å²) in [5.41, 5.74) is 5.61. The Morgan fingerprint density at radius 3 is 2.65 bits per heavy atom. The first-order valence-electron chi connectivity index (χ1n) is 7.35. The number of aryl methyl sites for hydroxylation is 1. The number of rotatable bonds is 6. The Kier molecular flexibility index (Phi) is 5.17. The Hall–Kier alpha value is -0.920. The zero-order valence-electron chi connectivity index (χ0n) is 12.0. The van der Waals surface area contributed by atoms with Crippen LogP contribution in [0.25, 0.3) is 0 Å². The molecule has 1 aromatic heterocycles. The van der Waals surface area contributed by atoms with Crippen molar-refractivity contribution in [3.8, 4) is 0 Å². The van der Waals surface area contributed by atoms with E-state index in [1.807, 2.05) is 6.92 Å². The number of H-pyrrole nitrogens is 1. The van der Waals surface area contributed by atoms with E-state index < -0.39 is 10.0 Å². The SMILES string of the molecule is CCc1ncc(S(=O)(=O)N(CCN)C2CCCCC2)[nH]1. The number of hydrogen-bond donors (Lipinski definition) is 2. The van der Waals surface area contributed by atoms with E-state index in [9.17, 15) is 8.42 Å². The van der Waals surface area contributed by atoms with Gasteiger partial charge in [0.1, 0.15) is 5.82 Å². The summed E-state index contributed by atoms with van der Waals surface area (Å²) in [6, 6.07) is 0.0747. The molecule has 1 aliphatic carbocycles. The molecule has 1 heterocycles. The molecule has 1 saturated carbocycles. The summed E-state index contributed by atoms with van der Waals surface area (Å²) in [5, 5.41) is 0.188. The molecule has 6 nitrogen and oxygen atoms in total. The molecule has 1 aliphatic rings. The van der Waals surface area contributed by atoms with Gasteiger partial charge in [0.05, 0.1) is 6.20 Å². The number of aromatic amines is 1. The van der Waals surface area contributed by atoms with Crippen LogP contribution in [0.1, 0.15) is 44.9 Å². The second-order valence-electron chi connectivity index (χ2n) is 5.24. The van der Waals surface area contributed by atoms with Gasteiger partial charge in [-0.25, -0.2) is 13.4 Å². The molecule has 3 N–H and O–H groups in total. The minimum atomic E-state index is -3.52. The van der Waals surface area contributed by atoms with Crippen LogP contribution in [0.4, 0.5) is 0 Å². The van der Waals surface area contributed by atoms with Gasteiger partial charge in [-0.3, -0.25) is 0 Å². The summed E-state index contributed by atoms with van der Waals surface area (Å²) < 4.78 is 27.1. The lowest BCUT2D eigenvalue weighted by molar-refractivity contribution is 0.257. The number of nitrogens with two attached hydrogens (primary N) is 1. The van der Waals surface area contributed by atoms with E-state index in [4.69, 9.17) is 5.73 Å². The fourth-order valence-corrected chi connectivity index (χ4v) is 4.41. The number of nitrogens with zero attached hydrogens (tertiary/aromatic N) is 2. The van der Waals surface area contributed by atoms with E-state index >= 15 is 0 Å². The fourth-order valence-electron chi connectivity index (χ4n) is 2.78. The molecule has 0 spiro atoms. The van der Waals surface area contributed by atoms with Crippen LogP contribution in [0.15, 0.2) is 11.2 Å². The van der Waals surface area contributed by atoms with Crippen molar-refractivity contribution in [3.05, 3.63) is 12.0 Å². The minimum absolute atomic E-state index is 0.0747. The molecule has 2 rings (SSSR count). The van der Waals surface area contributed by atoms with Crippen LogP contribution in [0.5, 0.6) is 0 Å². The molecule has 20 heavy (non-hydrogen) atoms. The van der Waals surface area contributed by atoms with Gasteiger partial charge in [0.25, 0.3) is 10.0 Å². The van der Waals surface area contributed by atoms with E-state index in [-0.39, 0.29) is 11.1 Å². The summed E-state index contributed by atoms with van der Waals surface area (Å²) in [7, 11) is -3.52. The average molecular weight is 300 g/mol. The highest BCUT2D eigenvalue weighted by atomic mass is 32.2. The second-order valence-corrected chi connectivity index (χ2v) is 7.10. The quantitative estimate of drug-likeness (QED) is 0.827. The average Bonchev–Trinajstić information content (AvgIpc) is 2.95. The number of nitrogens with one attached hydrogen (secondary N) is 1. The Balaban J connectivity index is 2.26. The predicted octanol–water partition coefficient (Wildman–Crippen LogP) is 1.25. The maximum absolute atomic E-state index is 12.7. The lowest BCUT2D eigenvalue weighted by Crippen LogP contribution is -2.44. The highest BCUT2D eigenvalue weighted by Crippen LogP contribution is 2.26. The molecular weight excluding hydrogens is 276 g/mol. The van der Waals surface area contributed by atoms with Gasteiger partial charge in [-0.05, 0) is 12.8 Å². The monoisotopic (exact) mass is 300 g/mol. The third kappa shape index (κ3) is 3.21. The molecule has 0 aliphatic heterocycles. The smallest absolute Gasteiger partial charge is 0.260 e. The van der Waals surface area contributed by atoms with Gasteiger partial charge < -0.3 is 10.7 Å². The third-order valence-electron chi connectivity index (χ3n) is 3.86. The van der Waals surface area contributed by atoms with Crippen molar-refractivity contribution >= 4 is 10.0 Å². The van der Waals surface area contributed by atoms with E-state index in [2.05, 4.69) is 9.97 Å². The molecule has 0 aromatic carbocycles. The van der Waals surface area contributed by atoms with Crippen molar-refractivity contribution in [2.45, 2.75) is 56.5 Å². The Bertz CT molecular complexity index is 520. The van der Waals surface area contributed by atoms with Crippen molar-refractivity contribution in [3.63, 3.8) is 0 Å². The van der Waals surface area contributed by atoms with Gasteiger partial charge in [0, 0.05) is 25.6 Å². The van der Waals surface area contributed by atoms with Crippen LogP contribution in [0, 0.1) is 0 Å². The van der Waals surface area contributed by atoms with E-state index in [0.717, 1.165) is 25.7 Å². The maximum Gasteiger partial charge on any atom is 0.260 e. The van der Waals surface area contributed by atoms with Gasteiger partial charge >= 0.3 is 0 Å². The second kappa shape index (κ2) is 6.69. The predicted molar refractivity (Wildman–Crippen MR) is 77.8 cm³/mol. The summed E-state index contributed by atoms with van der Waals surface area (Å²) in [4.78, 5) is 7.00. The molecule has 1 fully saturated rings. The summed E-state index contributed by atoms with van der Waals surface area (Å²) in [6.45, 7) is 2.64. The zero-order valence-corrected chi connectivity index (χ0v) is 12.8. The molecule has 0 atom stereocenters. The molecular formula is C13H24N4O2S. The maximum atomic E-state index is 12.7. The van der Waals surface area contributed by atoms with E-state index in [0.29, 0.717) is 25.3 Å². The lowest BCUT2D eigenvalue weighted by Gasteiger charge is -2.32. The Labute approximate surface area is 120 Å². The molecule has 0 amide bonds. The first kappa shape index (κ1) is 15.5. The molecule has 114 valence electrons. The lowest BCUT2D eigenvalue weighted by atomic mass is 9.95. The van der Waals surface area contributed by atoms with Gasteiger partial charge in [0.2, 0.25) is 0 Å². The summed E-state index contributed by atoms with van der Waals surface area (Å²) >= 11 is 0. The summed E-state index contributed by atoms with van der Waals surface area (Å²) in [5.74, 6) is 0.694. The largest absolute Gasteiger partial charge is 0.332 e. The highest BCUT2D eigenvalue weighted by Gasteiger charge is 2.32. The number of sulfonamides is 1. The van der Waals surface area contributed by atoms with Crippen LogP contribution >= 0.6 is 0 Å². The van der Waals surface area contributed by atoms with E-state index in [1.165, 1.54) is 12.6 Å². The van der Waals surface area contributed by atoms with Crippen molar-refractivity contribution in [1.29, 1.82) is 0 Å². The third-order valence-corrected chi connectivity index (χ3v) is 5.72. The van der Waals surface area contributed by atoms with Crippen molar-refractivity contribution in [2.75, 3.05) is 13.1 Å². The molecule has 0 radical (unpaired) electrons. The van der Waals surface area contributed by atoms with Gasteiger partial charge in [-0.2, -0.15) is 4.31 Å². The summed E-state index contributed by atoms with van der Waals surface area (Å²) in [6.07, 6.45) is 7.32. The number of imidazole rings is 1. The molecule has 0 bridgehead atoms. The van der Waals surface area contributed by atoms with Gasteiger partial charge in [-0.1, -0.05) is 26.2 Å². The number of hydrogen-bond acceptors (Lipinski definition) is 4. The Morgan fingerprint density at radius 1 is 1.40 bits per heavy atom. The van der Waals surface area contributed by atoms with Crippen LogP contribution in [0.2, 0.25) is 0 Å². The highest BCUT2D eigenvalue weighted by molar-refractivity contribution is 7.89. The fraction of sp³-hybridized carbons (Fsp3) is 0.769. The first-order chi connectivity index (χ1) is 9.59.